The van der Waals surface area contributed by atoms with Gasteiger partial charge >= 0.3 is 11.7 Å². The third kappa shape index (κ3) is 3.06. The number of nitrogens with two attached hydrogens (primary N) is 1. The molecule has 8 heteroatoms. The van der Waals surface area contributed by atoms with Crippen LogP contribution in [0.2, 0.25) is 0 Å². The number of nitrogens with one attached hydrogen (secondary N) is 1. The number of aromatic nitrogens is 4. The zero-order chi connectivity index (χ0) is 17.2. The van der Waals surface area contributed by atoms with Gasteiger partial charge in [0.2, 0.25) is 0 Å². The van der Waals surface area contributed by atoms with Crippen LogP contribution >= 0.6 is 0 Å². The summed E-state index contributed by atoms with van der Waals surface area (Å²) >= 11 is 0. The zero-order valence-corrected chi connectivity index (χ0v) is 13.4. The number of anilines is 1. The summed E-state index contributed by atoms with van der Waals surface area (Å²) < 4.78 is 12.7. The monoisotopic (exact) mass is 339 g/mol. The van der Waals surface area contributed by atoms with Gasteiger partial charge in [0.1, 0.15) is 24.5 Å². The van der Waals surface area contributed by atoms with E-state index >= 15 is 0 Å². The average Bonchev–Trinajstić information content (AvgIpc) is 2.92. The van der Waals surface area contributed by atoms with Gasteiger partial charge in [-0.25, -0.2) is 4.79 Å². The van der Waals surface area contributed by atoms with Gasteiger partial charge in [0.15, 0.2) is 11.5 Å². The number of ether oxygens (including phenoxy) is 2. The van der Waals surface area contributed by atoms with Crippen LogP contribution in [0.4, 0.5) is 5.82 Å². The van der Waals surface area contributed by atoms with Crippen molar-refractivity contribution in [3.05, 3.63) is 52.5 Å². The first-order valence-electron chi connectivity index (χ1n) is 7.96. The number of benzene rings is 1. The molecule has 4 bridgehead atoms. The number of hydrogen-bond donors (Lipinski definition) is 2. The molecule has 1 aliphatic rings. The number of nitrogens with zero attached hydrogens (tertiary/aromatic N) is 3. The highest BCUT2D eigenvalue weighted by atomic mass is 16.5. The number of nitrogen functional groups attached to an aromatic ring is 1. The number of hydrogen-bond acceptors (Lipinski definition) is 6. The maximum absolute atomic E-state index is 12.3. The van der Waals surface area contributed by atoms with Crippen LogP contribution in [0.1, 0.15) is 5.56 Å². The van der Waals surface area contributed by atoms with Gasteiger partial charge in [-0.2, -0.15) is 9.97 Å². The van der Waals surface area contributed by atoms with E-state index in [4.69, 9.17) is 15.2 Å². The first kappa shape index (κ1) is 15.3. The van der Waals surface area contributed by atoms with Crippen LogP contribution in [0.25, 0.3) is 11.2 Å². The SMILES string of the molecule is Nc1nc2nc3c1[nH]c(=O)n3CCc1cccc(c1)OC/C=C/CO2. The van der Waals surface area contributed by atoms with Gasteiger partial charge in [-0.3, -0.25) is 4.57 Å². The van der Waals surface area contributed by atoms with Crippen LogP contribution in [-0.2, 0) is 13.0 Å². The van der Waals surface area contributed by atoms with Crippen molar-refractivity contribution < 1.29 is 9.47 Å². The van der Waals surface area contributed by atoms with Gasteiger partial charge < -0.3 is 20.2 Å². The Morgan fingerprint density at radius 3 is 2.88 bits per heavy atom. The van der Waals surface area contributed by atoms with E-state index in [9.17, 15) is 4.79 Å². The van der Waals surface area contributed by atoms with Gasteiger partial charge in [0.05, 0.1) is 0 Å². The van der Waals surface area contributed by atoms with E-state index in [1.54, 1.807) is 4.57 Å². The zero-order valence-electron chi connectivity index (χ0n) is 13.4. The van der Waals surface area contributed by atoms with E-state index in [1.165, 1.54) is 0 Å². The van der Waals surface area contributed by atoms with Crippen molar-refractivity contribution in [3.8, 4) is 11.8 Å². The number of aromatic amines is 1. The van der Waals surface area contributed by atoms with Gasteiger partial charge in [-0.15, -0.1) is 0 Å². The molecule has 0 fully saturated rings. The summed E-state index contributed by atoms with van der Waals surface area (Å²) in [5.74, 6) is 0.976. The van der Waals surface area contributed by atoms with Gasteiger partial charge in [-0.05, 0) is 36.3 Å². The Bertz CT molecular complexity index is 1010. The van der Waals surface area contributed by atoms with Crippen LogP contribution in [0.5, 0.6) is 11.8 Å². The van der Waals surface area contributed by atoms with Crippen molar-refractivity contribution in [3.63, 3.8) is 0 Å². The third-order valence-electron chi connectivity index (χ3n) is 3.97. The van der Waals surface area contributed by atoms with E-state index in [-0.39, 0.29) is 24.1 Å². The Hall–Kier alpha value is -3.29. The number of aryl methyl sites for hydroxylation is 2. The molecule has 0 saturated carbocycles. The van der Waals surface area contributed by atoms with Crippen LogP contribution in [0.15, 0.2) is 41.2 Å². The molecule has 0 aliphatic carbocycles. The molecule has 4 rings (SSSR count). The highest BCUT2D eigenvalue weighted by Crippen LogP contribution is 2.19. The summed E-state index contributed by atoms with van der Waals surface area (Å²) in [4.78, 5) is 23.4. The Morgan fingerprint density at radius 2 is 2.00 bits per heavy atom. The van der Waals surface area contributed by atoms with Crippen LogP contribution in [-0.4, -0.2) is 32.7 Å². The Morgan fingerprint density at radius 1 is 1.16 bits per heavy atom. The molecule has 3 heterocycles. The van der Waals surface area contributed by atoms with Crippen molar-refractivity contribution in [2.45, 2.75) is 13.0 Å². The molecular formula is C17H17N5O3. The van der Waals surface area contributed by atoms with Crippen LogP contribution in [0, 0.1) is 0 Å². The number of H-pyrrole nitrogens is 1. The fourth-order valence-corrected chi connectivity index (χ4v) is 2.74. The van der Waals surface area contributed by atoms with Crippen molar-refractivity contribution >= 4 is 17.0 Å². The molecule has 2 aromatic heterocycles. The molecule has 1 aliphatic heterocycles. The Balaban J connectivity index is 1.79. The molecule has 128 valence electrons. The Kier molecular flexibility index (Phi) is 3.85. The standard InChI is InChI=1S/C17H17N5O3/c18-14-13-15-21-16(20-14)25-9-2-1-8-24-12-5-3-4-11(10-12)6-7-22(15)17(23)19-13/h1-5,10H,6-9H2,(H,19,23)(H2,18,20,21)/b2-1+. The molecule has 0 radical (unpaired) electrons. The molecule has 3 N–H and O–H groups in total. The summed E-state index contributed by atoms with van der Waals surface area (Å²) in [6.07, 6.45) is 4.33. The fraction of sp³-hybridized carbons (Fsp3) is 0.235. The van der Waals surface area contributed by atoms with Crippen molar-refractivity contribution in [2.75, 3.05) is 18.9 Å². The highest BCUT2D eigenvalue weighted by Gasteiger charge is 2.14. The molecule has 25 heavy (non-hydrogen) atoms. The molecule has 1 aromatic carbocycles. The normalized spacial score (nSPS) is 15.8. The summed E-state index contributed by atoms with van der Waals surface area (Å²) in [7, 11) is 0. The minimum absolute atomic E-state index is 0.138. The lowest BCUT2D eigenvalue weighted by molar-refractivity contribution is 0.330. The van der Waals surface area contributed by atoms with Gasteiger partial charge in [-0.1, -0.05) is 12.1 Å². The summed E-state index contributed by atoms with van der Waals surface area (Å²) in [5.41, 5.74) is 7.59. The number of fused-ring (bicyclic) bond motifs is 3. The van der Waals surface area contributed by atoms with Crippen molar-refractivity contribution in [1.29, 1.82) is 0 Å². The molecule has 8 nitrogen and oxygen atoms in total. The number of imidazole rings is 1. The molecule has 0 amide bonds. The van der Waals surface area contributed by atoms with Crippen molar-refractivity contribution in [1.82, 2.24) is 19.5 Å². The smallest absolute Gasteiger partial charge is 0.327 e. The molecule has 0 saturated heterocycles. The topological polar surface area (TPSA) is 108 Å². The second kappa shape index (κ2) is 6.31. The van der Waals surface area contributed by atoms with E-state index in [1.807, 2.05) is 36.4 Å². The fourth-order valence-electron chi connectivity index (χ4n) is 2.74. The maximum Gasteiger partial charge on any atom is 0.327 e. The highest BCUT2D eigenvalue weighted by molar-refractivity contribution is 5.81. The minimum atomic E-state index is -0.273. The maximum atomic E-state index is 12.3. The van der Waals surface area contributed by atoms with E-state index in [0.717, 1.165) is 11.3 Å². The average molecular weight is 339 g/mol. The van der Waals surface area contributed by atoms with Gasteiger partial charge in [0.25, 0.3) is 0 Å². The minimum Gasteiger partial charge on any atom is -0.490 e. The first-order chi connectivity index (χ1) is 12.2. The molecular weight excluding hydrogens is 322 g/mol. The first-order valence-corrected chi connectivity index (χ1v) is 7.96. The summed E-state index contributed by atoms with van der Waals surface area (Å²) in [6, 6.07) is 7.95. The van der Waals surface area contributed by atoms with Crippen LogP contribution < -0.4 is 20.9 Å². The lowest BCUT2D eigenvalue weighted by Gasteiger charge is -2.07. The number of rotatable bonds is 0. The van der Waals surface area contributed by atoms with E-state index in [2.05, 4.69) is 15.0 Å². The Labute approximate surface area is 142 Å². The van der Waals surface area contributed by atoms with E-state index in [0.29, 0.717) is 30.7 Å². The summed E-state index contributed by atoms with van der Waals surface area (Å²) in [6.45, 7) is 1.17. The third-order valence-corrected chi connectivity index (χ3v) is 3.97. The largest absolute Gasteiger partial charge is 0.490 e. The van der Waals surface area contributed by atoms with Gasteiger partial charge in [0, 0.05) is 6.54 Å². The van der Waals surface area contributed by atoms with Crippen LogP contribution in [0.3, 0.4) is 0 Å². The predicted octanol–water partition coefficient (Wildman–Crippen LogP) is 1.27. The molecule has 0 unspecified atom stereocenters. The van der Waals surface area contributed by atoms with E-state index < -0.39 is 0 Å². The van der Waals surface area contributed by atoms with Crippen molar-refractivity contribution in [2.24, 2.45) is 0 Å². The lowest BCUT2D eigenvalue weighted by Crippen LogP contribution is -2.18. The molecule has 3 aromatic rings. The molecule has 0 spiro atoms. The lowest BCUT2D eigenvalue weighted by atomic mass is 10.1. The second-order valence-corrected chi connectivity index (χ2v) is 5.66. The predicted molar refractivity (Wildman–Crippen MR) is 92.8 cm³/mol. The second-order valence-electron chi connectivity index (χ2n) is 5.66. The quantitative estimate of drug-likeness (QED) is 0.597. The molecule has 0 atom stereocenters. The summed E-state index contributed by atoms with van der Waals surface area (Å²) in [5, 5.41) is 0.